The molecule has 0 aliphatic carbocycles. The number of nitrogens with one attached hydrogen (secondary N) is 2. The number of halogens is 1. The Kier molecular flexibility index (Phi) is 6.66. The molecule has 0 heterocycles. The van der Waals surface area contributed by atoms with Crippen molar-refractivity contribution >= 4 is 6.03 Å². The van der Waals surface area contributed by atoms with Gasteiger partial charge in [-0.25, -0.2) is 9.18 Å². The standard InChI is InChI=1S/C19H19FN2O2/c1-24-18-10-6-16(7-11-18)12-14-22-19(23)21-13-2-3-15-4-8-17(20)9-5-15/h4-11H,12-14H2,1H3,(H2,21,22,23). The fraction of sp³-hybridized carbons (Fsp3) is 0.211. The Labute approximate surface area is 141 Å². The van der Waals surface area contributed by atoms with E-state index in [9.17, 15) is 9.18 Å². The summed E-state index contributed by atoms with van der Waals surface area (Å²) >= 11 is 0. The van der Waals surface area contributed by atoms with Crippen LogP contribution in [-0.4, -0.2) is 26.2 Å². The average Bonchev–Trinajstić information content (AvgIpc) is 2.61. The number of amides is 2. The minimum absolute atomic E-state index is 0.228. The number of methoxy groups -OCH3 is 1. The SMILES string of the molecule is COc1ccc(CCNC(=O)NCC#Cc2ccc(F)cc2)cc1. The molecule has 0 aromatic heterocycles. The monoisotopic (exact) mass is 326 g/mol. The smallest absolute Gasteiger partial charge is 0.315 e. The highest BCUT2D eigenvalue weighted by Crippen LogP contribution is 2.11. The van der Waals surface area contributed by atoms with Gasteiger partial charge >= 0.3 is 6.03 Å². The van der Waals surface area contributed by atoms with Crippen LogP contribution in [0.1, 0.15) is 11.1 Å². The van der Waals surface area contributed by atoms with Crippen LogP contribution in [0.4, 0.5) is 9.18 Å². The first kappa shape index (κ1) is 17.4. The minimum Gasteiger partial charge on any atom is -0.497 e. The molecule has 124 valence electrons. The predicted molar refractivity (Wildman–Crippen MR) is 91.4 cm³/mol. The van der Waals surface area contributed by atoms with Crippen molar-refractivity contribution in [2.24, 2.45) is 0 Å². The molecular formula is C19H19FN2O2. The molecule has 2 amide bonds. The molecule has 0 aliphatic heterocycles. The highest BCUT2D eigenvalue weighted by atomic mass is 19.1. The third-order valence-electron chi connectivity index (χ3n) is 3.27. The van der Waals surface area contributed by atoms with Crippen LogP contribution in [0, 0.1) is 17.7 Å². The number of benzene rings is 2. The van der Waals surface area contributed by atoms with Crippen LogP contribution in [-0.2, 0) is 6.42 Å². The second-order valence-electron chi connectivity index (χ2n) is 5.02. The topological polar surface area (TPSA) is 50.4 Å². The van der Waals surface area contributed by atoms with Gasteiger partial charge in [0, 0.05) is 12.1 Å². The summed E-state index contributed by atoms with van der Waals surface area (Å²) < 4.78 is 17.8. The third-order valence-corrected chi connectivity index (χ3v) is 3.27. The van der Waals surface area contributed by atoms with E-state index in [0.29, 0.717) is 12.1 Å². The van der Waals surface area contributed by atoms with E-state index in [4.69, 9.17) is 4.74 Å². The van der Waals surface area contributed by atoms with Gasteiger partial charge in [-0.2, -0.15) is 0 Å². The van der Waals surface area contributed by atoms with E-state index in [1.54, 1.807) is 19.2 Å². The lowest BCUT2D eigenvalue weighted by Crippen LogP contribution is -2.36. The third kappa shape index (κ3) is 6.01. The molecule has 0 saturated heterocycles. The molecular weight excluding hydrogens is 307 g/mol. The Hall–Kier alpha value is -3.00. The number of hydrogen-bond donors (Lipinski definition) is 2. The summed E-state index contributed by atoms with van der Waals surface area (Å²) in [6, 6.07) is 13.3. The molecule has 0 spiro atoms. The molecule has 2 N–H and O–H groups in total. The van der Waals surface area contributed by atoms with Crippen molar-refractivity contribution in [2.75, 3.05) is 20.2 Å². The molecule has 4 nitrogen and oxygen atoms in total. The largest absolute Gasteiger partial charge is 0.497 e. The second kappa shape index (κ2) is 9.21. The van der Waals surface area contributed by atoms with Gasteiger partial charge in [-0.15, -0.1) is 0 Å². The van der Waals surface area contributed by atoms with Crippen LogP contribution < -0.4 is 15.4 Å². The summed E-state index contributed by atoms with van der Waals surface area (Å²) in [6.07, 6.45) is 0.735. The van der Waals surface area contributed by atoms with E-state index in [1.165, 1.54) is 12.1 Å². The lowest BCUT2D eigenvalue weighted by molar-refractivity contribution is 0.242. The maximum atomic E-state index is 12.7. The minimum atomic E-state index is -0.296. The highest BCUT2D eigenvalue weighted by Gasteiger charge is 1.99. The first-order valence-electron chi connectivity index (χ1n) is 7.56. The number of ether oxygens (including phenoxy) is 1. The van der Waals surface area contributed by atoms with Crippen LogP contribution in [0.25, 0.3) is 0 Å². The fourth-order valence-electron chi connectivity index (χ4n) is 1.98. The molecule has 2 rings (SSSR count). The quantitative estimate of drug-likeness (QED) is 0.830. The maximum absolute atomic E-state index is 12.7. The molecule has 0 radical (unpaired) electrons. The van der Waals surface area contributed by atoms with Gasteiger partial charge in [-0.1, -0.05) is 24.0 Å². The van der Waals surface area contributed by atoms with E-state index in [-0.39, 0.29) is 18.4 Å². The number of rotatable bonds is 5. The summed E-state index contributed by atoms with van der Waals surface area (Å²) in [5, 5.41) is 5.42. The first-order valence-corrected chi connectivity index (χ1v) is 7.56. The number of carbonyl (C=O) groups excluding carboxylic acids is 1. The van der Waals surface area contributed by atoms with Crippen molar-refractivity contribution in [3.63, 3.8) is 0 Å². The van der Waals surface area contributed by atoms with Crippen LogP contribution >= 0.6 is 0 Å². The lowest BCUT2D eigenvalue weighted by Gasteiger charge is -2.06. The molecule has 24 heavy (non-hydrogen) atoms. The van der Waals surface area contributed by atoms with Crippen molar-refractivity contribution in [1.29, 1.82) is 0 Å². The zero-order valence-corrected chi connectivity index (χ0v) is 13.4. The van der Waals surface area contributed by atoms with Crippen LogP contribution in [0.15, 0.2) is 48.5 Å². The van der Waals surface area contributed by atoms with Crippen LogP contribution in [0.3, 0.4) is 0 Å². The number of carbonyl (C=O) groups is 1. The van der Waals surface area contributed by atoms with Gasteiger partial charge in [-0.05, 0) is 48.4 Å². The molecule has 5 heteroatoms. The van der Waals surface area contributed by atoms with Gasteiger partial charge in [-0.3, -0.25) is 0 Å². The molecule has 0 bridgehead atoms. The summed E-state index contributed by atoms with van der Waals surface area (Å²) in [4.78, 5) is 11.6. The number of hydrogen-bond acceptors (Lipinski definition) is 2. The van der Waals surface area contributed by atoms with Gasteiger partial charge in [0.05, 0.1) is 13.7 Å². The molecule has 0 atom stereocenters. The summed E-state index contributed by atoms with van der Waals surface area (Å²) in [5.74, 6) is 6.18. The van der Waals surface area contributed by atoms with Crippen molar-refractivity contribution in [2.45, 2.75) is 6.42 Å². The van der Waals surface area contributed by atoms with Crippen molar-refractivity contribution in [3.8, 4) is 17.6 Å². The van der Waals surface area contributed by atoms with Gasteiger partial charge < -0.3 is 15.4 Å². The number of urea groups is 1. The lowest BCUT2D eigenvalue weighted by atomic mass is 10.1. The van der Waals surface area contributed by atoms with Gasteiger partial charge in [0.2, 0.25) is 0 Å². The molecule has 0 aliphatic rings. The Morgan fingerprint density at radius 2 is 1.79 bits per heavy atom. The van der Waals surface area contributed by atoms with Gasteiger partial charge in [0.1, 0.15) is 11.6 Å². The Balaban J connectivity index is 1.65. The maximum Gasteiger partial charge on any atom is 0.315 e. The van der Waals surface area contributed by atoms with E-state index in [1.807, 2.05) is 24.3 Å². The predicted octanol–water partition coefficient (Wildman–Crippen LogP) is 2.73. The van der Waals surface area contributed by atoms with E-state index in [0.717, 1.165) is 17.7 Å². The zero-order chi connectivity index (χ0) is 17.2. The van der Waals surface area contributed by atoms with Crippen molar-refractivity contribution in [1.82, 2.24) is 10.6 Å². The van der Waals surface area contributed by atoms with E-state index in [2.05, 4.69) is 22.5 Å². The fourth-order valence-corrected chi connectivity index (χ4v) is 1.98. The summed E-state index contributed by atoms with van der Waals surface area (Å²) in [6.45, 7) is 0.759. The highest BCUT2D eigenvalue weighted by molar-refractivity contribution is 5.74. The van der Waals surface area contributed by atoms with Crippen LogP contribution in [0.2, 0.25) is 0 Å². The van der Waals surface area contributed by atoms with Crippen molar-refractivity contribution in [3.05, 3.63) is 65.5 Å². The van der Waals surface area contributed by atoms with Crippen molar-refractivity contribution < 1.29 is 13.9 Å². The summed E-state index contributed by atoms with van der Waals surface area (Å²) in [5.41, 5.74) is 1.82. The van der Waals surface area contributed by atoms with Crippen LogP contribution in [0.5, 0.6) is 5.75 Å². The molecule has 0 fully saturated rings. The average molecular weight is 326 g/mol. The Bertz CT molecular complexity index is 716. The summed E-state index contributed by atoms with van der Waals surface area (Å²) in [7, 11) is 1.62. The first-order chi connectivity index (χ1) is 11.7. The molecule has 2 aromatic rings. The van der Waals surface area contributed by atoms with E-state index < -0.39 is 0 Å². The molecule has 0 unspecified atom stereocenters. The van der Waals surface area contributed by atoms with Gasteiger partial charge in [0.25, 0.3) is 0 Å². The second-order valence-corrected chi connectivity index (χ2v) is 5.02. The van der Waals surface area contributed by atoms with Gasteiger partial charge in [0.15, 0.2) is 0 Å². The Morgan fingerprint density at radius 3 is 2.46 bits per heavy atom. The molecule has 2 aromatic carbocycles. The van der Waals surface area contributed by atoms with E-state index >= 15 is 0 Å². The zero-order valence-electron chi connectivity index (χ0n) is 13.4. The Morgan fingerprint density at radius 1 is 1.08 bits per heavy atom. The normalized spacial score (nSPS) is 9.58. The molecule has 0 saturated carbocycles.